The third-order valence-corrected chi connectivity index (χ3v) is 7.98. The van der Waals surface area contributed by atoms with Crippen molar-refractivity contribution in [3.63, 3.8) is 0 Å². The lowest BCUT2D eigenvalue weighted by Gasteiger charge is -2.50. The Morgan fingerprint density at radius 3 is 2.88 bits per heavy atom. The number of thioether (sulfide) groups is 1. The number of amidine groups is 1. The summed E-state index contributed by atoms with van der Waals surface area (Å²) in [5, 5.41) is 8.61. The number of hydrogen-bond acceptors (Lipinski definition) is 6. The molecule has 1 aliphatic carbocycles. The van der Waals surface area contributed by atoms with E-state index in [1.54, 1.807) is 11.8 Å². The molecule has 32 heavy (non-hydrogen) atoms. The van der Waals surface area contributed by atoms with Crippen LogP contribution in [0.3, 0.4) is 0 Å². The van der Waals surface area contributed by atoms with Crippen molar-refractivity contribution in [2.75, 3.05) is 6.54 Å². The summed E-state index contributed by atoms with van der Waals surface area (Å²) in [5.41, 5.74) is 5.80. The molecule has 1 saturated carbocycles. The molecule has 8 heteroatoms. The largest absolute Gasteiger partial charge is 0.354 e. The van der Waals surface area contributed by atoms with Gasteiger partial charge in [0.15, 0.2) is 11.5 Å². The van der Waals surface area contributed by atoms with E-state index in [1.807, 2.05) is 11.8 Å². The fraction of sp³-hybridized carbons (Fsp3) is 0.625. The van der Waals surface area contributed by atoms with Crippen molar-refractivity contribution in [1.82, 2.24) is 20.5 Å². The molecule has 1 saturated heterocycles. The molecule has 4 rings (SSSR count). The molecule has 4 atom stereocenters. The Kier molecular flexibility index (Phi) is 7.28. The van der Waals surface area contributed by atoms with E-state index in [9.17, 15) is 9.59 Å². The van der Waals surface area contributed by atoms with E-state index in [4.69, 9.17) is 0 Å². The molecule has 3 aliphatic rings. The Bertz CT molecular complexity index is 876. The molecule has 0 spiro atoms. The summed E-state index contributed by atoms with van der Waals surface area (Å²) in [6.07, 6.45) is 5.07. The number of hydrazone groups is 1. The van der Waals surface area contributed by atoms with Gasteiger partial charge >= 0.3 is 0 Å². The van der Waals surface area contributed by atoms with Gasteiger partial charge in [-0.05, 0) is 44.2 Å². The van der Waals surface area contributed by atoms with Gasteiger partial charge in [0.1, 0.15) is 0 Å². The lowest BCUT2D eigenvalue weighted by atomic mass is 9.81. The van der Waals surface area contributed by atoms with E-state index in [-0.39, 0.29) is 36.1 Å². The smallest absolute Gasteiger partial charge is 0.230 e. The Morgan fingerprint density at radius 1 is 1.31 bits per heavy atom. The third kappa shape index (κ3) is 4.75. The maximum atomic E-state index is 13.4. The minimum Gasteiger partial charge on any atom is -0.354 e. The van der Waals surface area contributed by atoms with Gasteiger partial charge in [0, 0.05) is 30.8 Å². The topological polar surface area (TPSA) is 77.0 Å². The number of amides is 2. The van der Waals surface area contributed by atoms with Crippen molar-refractivity contribution in [3.05, 3.63) is 35.4 Å². The van der Waals surface area contributed by atoms with Crippen LogP contribution in [0.5, 0.6) is 0 Å². The summed E-state index contributed by atoms with van der Waals surface area (Å²) in [6, 6.07) is 8.76. The van der Waals surface area contributed by atoms with Crippen LogP contribution in [0, 0.1) is 12.8 Å². The summed E-state index contributed by atoms with van der Waals surface area (Å²) in [4.78, 5) is 29.9. The number of rotatable bonds is 7. The normalized spacial score (nSPS) is 25.5. The van der Waals surface area contributed by atoms with Crippen LogP contribution in [0.4, 0.5) is 0 Å². The first-order valence-electron chi connectivity index (χ1n) is 11.9. The molecular weight excluding hydrogens is 422 g/mol. The molecule has 2 aliphatic heterocycles. The highest BCUT2D eigenvalue weighted by Gasteiger charge is 2.50. The molecule has 2 fully saturated rings. The zero-order chi connectivity index (χ0) is 22.7. The summed E-state index contributed by atoms with van der Waals surface area (Å²) in [6.45, 7) is 6.60. The van der Waals surface area contributed by atoms with Gasteiger partial charge in [-0.1, -0.05) is 55.8 Å². The first-order valence-corrected chi connectivity index (χ1v) is 12.9. The zero-order valence-corrected chi connectivity index (χ0v) is 20.2. The number of hydrogen-bond donors (Lipinski definition) is 2. The van der Waals surface area contributed by atoms with Crippen LogP contribution in [-0.4, -0.2) is 51.7 Å². The number of carbonyl (C=O) groups is 2. The van der Waals surface area contributed by atoms with E-state index in [2.05, 4.69) is 58.9 Å². The van der Waals surface area contributed by atoms with E-state index in [0.29, 0.717) is 13.0 Å². The van der Waals surface area contributed by atoms with Gasteiger partial charge in [0.25, 0.3) is 0 Å². The molecule has 4 unspecified atom stereocenters. The van der Waals surface area contributed by atoms with Crippen molar-refractivity contribution in [3.8, 4) is 0 Å². The van der Waals surface area contributed by atoms with Crippen LogP contribution in [-0.2, 0) is 15.3 Å². The number of carbonyl (C=O) groups excluding carboxylic acids is 2. The second kappa shape index (κ2) is 10.1. The monoisotopic (exact) mass is 457 g/mol. The average molecular weight is 458 g/mol. The number of nitrogens with one attached hydrogen (secondary N) is 2. The number of nitrogens with zero attached hydrogens (tertiary/aromatic N) is 3. The maximum absolute atomic E-state index is 13.4. The highest BCUT2D eigenvalue weighted by atomic mass is 32.2. The molecule has 7 nitrogen and oxygen atoms in total. The van der Waals surface area contributed by atoms with Gasteiger partial charge in [0.05, 0.1) is 5.92 Å². The van der Waals surface area contributed by atoms with Gasteiger partial charge in [0.2, 0.25) is 11.8 Å². The highest BCUT2D eigenvalue weighted by molar-refractivity contribution is 8.13. The lowest BCUT2D eigenvalue weighted by Crippen LogP contribution is -2.67. The number of aryl methyl sites for hydroxylation is 1. The van der Waals surface area contributed by atoms with Gasteiger partial charge in [-0.15, -0.1) is 0 Å². The predicted molar refractivity (Wildman–Crippen MR) is 129 cm³/mol. The van der Waals surface area contributed by atoms with Crippen LogP contribution in [0.1, 0.15) is 63.5 Å². The van der Waals surface area contributed by atoms with Crippen molar-refractivity contribution in [2.45, 2.75) is 83.4 Å². The molecule has 0 bridgehead atoms. The Hall–Kier alpha value is -2.22. The standard InChI is InChI=1S/C24H35N5O2S/c1-4-17(3)25-21(30)13-14-28-22(31)19-11-7-8-12-20(19)29-23(28)26-27-24(29)32-15-18-10-6-5-9-16(18)2/h5-6,9-10,17,19-20,23,26H,4,7-8,11-15H2,1-3H3,(H,25,30). The Balaban J connectivity index is 1.47. The molecule has 0 aromatic heterocycles. The molecule has 1 aromatic rings. The molecular formula is C24H35N5O2S. The van der Waals surface area contributed by atoms with E-state index in [1.165, 1.54) is 11.1 Å². The Labute approximate surface area is 195 Å². The third-order valence-electron chi connectivity index (χ3n) is 6.96. The molecule has 2 N–H and O–H groups in total. The van der Waals surface area contributed by atoms with Gasteiger partial charge < -0.3 is 15.1 Å². The molecule has 174 valence electrons. The van der Waals surface area contributed by atoms with E-state index >= 15 is 0 Å². The van der Waals surface area contributed by atoms with Gasteiger partial charge in [-0.3, -0.25) is 15.0 Å². The molecule has 1 aromatic carbocycles. The molecule has 0 radical (unpaired) electrons. The van der Waals surface area contributed by atoms with Crippen LogP contribution in [0.25, 0.3) is 0 Å². The number of benzene rings is 1. The fourth-order valence-electron chi connectivity index (χ4n) is 4.87. The quantitative estimate of drug-likeness (QED) is 0.656. The van der Waals surface area contributed by atoms with E-state index in [0.717, 1.165) is 43.0 Å². The fourth-order valence-corrected chi connectivity index (χ4v) is 5.98. The van der Waals surface area contributed by atoms with Crippen LogP contribution < -0.4 is 10.7 Å². The first-order chi connectivity index (χ1) is 15.5. The van der Waals surface area contributed by atoms with Crippen molar-refractivity contribution < 1.29 is 9.59 Å². The van der Waals surface area contributed by atoms with Crippen LogP contribution in [0.2, 0.25) is 0 Å². The van der Waals surface area contributed by atoms with Crippen LogP contribution in [0.15, 0.2) is 29.4 Å². The zero-order valence-electron chi connectivity index (χ0n) is 19.3. The minimum absolute atomic E-state index is 0.00228. The summed E-state index contributed by atoms with van der Waals surface area (Å²) >= 11 is 1.73. The SMILES string of the molecule is CCC(C)NC(=O)CCN1C(=O)C2CCCCC2N2C(SCc3ccccc3C)=NNC12. The average Bonchev–Trinajstić information content (AvgIpc) is 3.22. The molecule has 2 heterocycles. The first kappa shape index (κ1) is 23.0. The molecule has 2 amide bonds. The summed E-state index contributed by atoms with van der Waals surface area (Å²) < 4.78 is 0. The van der Waals surface area contributed by atoms with Crippen molar-refractivity contribution in [2.24, 2.45) is 11.0 Å². The predicted octanol–water partition coefficient (Wildman–Crippen LogP) is 3.39. The highest BCUT2D eigenvalue weighted by Crippen LogP contribution is 2.39. The van der Waals surface area contributed by atoms with E-state index < -0.39 is 0 Å². The second-order valence-corrected chi connectivity index (χ2v) is 10.1. The summed E-state index contributed by atoms with van der Waals surface area (Å²) in [7, 11) is 0. The lowest BCUT2D eigenvalue weighted by molar-refractivity contribution is -0.155. The maximum Gasteiger partial charge on any atom is 0.230 e. The number of fused-ring (bicyclic) bond motifs is 3. The second-order valence-electron chi connectivity index (χ2n) is 9.14. The minimum atomic E-state index is -0.294. The summed E-state index contributed by atoms with van der Waals surface area (Å²) in [5.74, 6) is 0.999. The Morgan fingerprint density at radius 2 is 2.09 bits per heavy atom. The van der Waals surface area contributed by atoms with Crippen LogP contribution >= 0.6 is 11.8 Å². The van der Waals surface area contributed by atoms with Crippen molar-refractivity contribution >= 4 is 28.7 Å². The van der Waals surface area contributed by atoms with Gasteiger partial charge in [-0.2, -0.15) is 5.10 Å². The van der Waals surface area contributed by atoms with Crippen molar-refractivity contribution in [1.29, 1.82) is 0 Å². The van der Waals surface area contributed by atoms with Gasteiger partial charge in [-0.25, -0.2) is 0 Å².